The Morgan fingerprint density at radius 1 is 0.535 bits per heavy atom. The summed E-state index contributed by atoms with van der Waals surface area (Å²) in [6.07, 6.45) is -22.1. The van der Waals surface area contributed by atoms with Crippen LogP contribution in [0.5, 0.6) is 11.5 Å². The molecule has 8 aromatic rings. The van der Waals surface area contributed by atoms with Crippen molar-refractivity contribution < 1.29 is 90.7 Å². The zero-order chi connectivity index (χ0) is 69.3. The van der Waals surface area contributed by atoms with Crippen molar-refractivity contribution in [3.05, 3.63) is 279 Å². The smallest absolute Gasteiger partial charge is 0.412 e. The van der Waals surface area contributed by atoms with Gasteiger partial charge in [0, 0.05) is 16.2 Å². The molecule has 4 saturated heterocycles. The molecular formula is C76H70N6O19. The van der Waals surface area contributed by atoms with Gasteiger partial charge in [0.05, 0.1) is 62.4 Å². The number of aliphatic hydroxyl groups excluding tert-OH is 1. The standard InChI is InChI=1S/C76H70N6O19/c1-89-50-35-37-51(38-36-50)91-43-57-63(65(92-40-46-23-9-3-10-24-46)59(68(95-57)79-80-77)81-69(84)52-31-17-18-32-53(52)70(81)85)99-74-60(82-71(86)54-33-19-20-34-55(54)72(82)87)66(93-41-47-25-11-4-12-26-47)62(56(96-74)42-90-39-45-21-7-2-8-22-45)100-75-61(83)67(101-76(88)78-49-29-15-6-16-30-49)64-58(97-75)44-94-73(98-64)48-27-13-5-14-28-48/h2-38,56-68,73-75,83H,39-44H2,1H3,(H,78,88)/t56-,57-,58-,59-,60-,61+,62-,63-,64-,65-,66-,67-,68-,73-,74+,75+/m1/s1. The van der Waals surface area contributed by atoms with E-state index in [2.05, 4.69) is 15.3 Å². The highest BCUT2D eigenvalue weighted by molar-refractivity contribution is 6.22. The average molecular weight is 1370 g/mol. The largest absolute Gasteiger partial charge is 0.497 e. The van der Waals surface area contributed by atoms with Gasteiger partial charge in [0.1, 0.15) is 85.1 Å². The summed E-state index contributed by atoms with van der Waals surface area (Å²) in [7, 11) is 1.52. The van der Waals surface area contributed by atoms with Crippen molar-refractivity contribution in [3.63, 3.8) is 0 Å². The highest BCUT2D eigenvalue weighted by Gasteiger charge is 2.62. The molecule has 0 spiro atoms. The van der Waals surface area contributed by atoms with Crippen LogP contribution in [-0.4, -0.2) is 163 Å². The lowest BCUT2D eigenvalue weighted by atomic mass is 9.92. The molecule has 4 fully saturated rings. The van der Waals surface area contributed by atoms with E-state index in [0.717, 1.165) is 15.4 Å². The molecule has 518 valence electrons. The van der Waals surface area contributed by atoms with Gasteiger partial charge in [-0.2, -0.15) is 0 Å². The Hall–Kier alpha value is -10.2. The summed E-state index contributed by atoms with van der Waals surface area (Å²) in [6.45, 7) is -1.35. The SMILES string of the molecule is COc1ccc(OC[C@H]2O[C@@H](N=[N+]=[N-])[C@H](N3C(=O)c4ccccc4C3=O)[C@@H](OCc3ccccc3)[C@@H]2O[C@@H]2O[C@H](COCc3ccccc3)[C@@H](O[C@@H]3O[C@@H]4CO[C@@H](c5ccccc5)O[C@H]4[C@H](OC(=O)Nc4ccccc4)[C@@H]3O)[C@H](OCc3ccccc3)[C@H]2N2C(=O)c3ccccc3C2=O)cc1. The van der Waals surface area contributed by atoms with Crippen molar-refractivity contribution >= 4 is 35.4 Å². The molecule has 101 heavy (non-hydrogen) atoms. The average Bonchev–Trinajstić information content (AvgIpc) is 1.71. The number of para-hydroxylation sites is 1. The van der Waals surface area contributed by atoms with Crippen LogP contribution in [0.25, 0.3) is 10.4 Å². The van der Waals surface area contributed by atoms with Crippen LogP contribution in [0.15, 0.2) is 230 Å². The maximum atomic E-state index is 15.6. The quantitative estimate of drug-likeness (QED) is 0.0246. The minimum absolute atomic E-state index is 0.00568. The van der Waals surface area contributed by atoms with Crippen LogP contribution >= 0.6 is 0 Å². The topological polar surface area (TPSA) is 293 Å². The van der Waals surface area contributed by atoms with Crippen LogP contribution in [0.4, 0.5) is 10.5 Å². The maximum absolute atomic E-state index is 15.6. The van der Waals surface area contributed by atoms with Crippen LogP contribution in [0.1, 0.15) is 70.0 Å². The summed E-state index contributed by atoms with van der Waals surface area (Å²) in [5.41, 5.74) is 13.7. The Bertz CT molecular complexity index is 4170. The van der Waals surface area contributed by atoms with Gasteiger partial charge in [-0.3, -0.25) is 34.3 Å². The van der Waals surface area contributed by atoms with E-state index < -0.39 is 135 Å². The number of azide groups is 1. The fraction of sp³-hybridized carbons (Fsp3) is 0.303. The Morgan fingerprint density at radius 3 is 1.55 bits per heavy atom. The minimum Gasteiger partial charge on any atom is -0.497 e. The van der Waals surface area contributed by atoms with Gasteiger partial charge in [0.25, 0.3) is 23.6 Å². The van der Waals surface area contributed by atoms with Gasteiger partial charge in [-0.05, 0) is 82.9 Å². The fourth-order valence-electron chi connectivity index (χ4n) is 13.5. The minimum atomic E-state index is -1.88. The first-order valence-corrected chi connectivity index (χ1v) is 33.0. The number of nitrogens with zero attached hydrogens (tertiary/aromatic N) is 5. The van der Waals surface area contributed by atoms with E-state index in [-0.39, 0.29) is 55.3 Å². The Labute approximate surface area is 579 Å². The molecule has 5 amide bonds. The first kappa shape index (κ1) is 67.9. The molecule has 25 heteroatoms. The number of carbonyl (C=O) groups is 5. The highest BCUT2D eigenvalue weighted by Crippen LogP contribution is 2.44. The lowest BCUT2D eigenvalue weighted by molar-refractivity contribution is -0.387. The van der Waals surface area contributed by atoms with E-state index in [1.165, 1.54) is 31.4 Å². The normalized spacial score (nSPS) is 27.5. The van der Waals surface area contributed by atoms with E-state index in [1.807, 2.05) is 72.8 Å². The number of methoxy groups -OCH3 is 1. The number of hydrogen-bond donors (Lipinski definition) is 2. The summed E-state index contributed by atoms with van der Waals surface area (Å²) in [6, 6.07) is 60.7. The molecule has 0 bridgehead atoms. The molecule has 0 aliphatic carbocycles. The van der Waals surface area contributed by atoms with Gasteiger partial charge < -0.3 is 66.7 Å². The second-order valence-electron chi connectivity index (χ2n) is 24.6. The third-order valence-electron chi connectivity index (χ3n) is 18.3. The highest BCUT2D eigenvalue weighted by atomic mass is 16.8. The Kier molecular flexibility index (Phi) is 20.9. The Morgan fingerprint density at radius 2 is 1.01 bits per heavy atom. The molecule has 0 unspecified atom stereocenters. The number of imide groups is 2. The molecule has 0 saturated carbocycles. The number of hydrogen-bond acceptors (Lipinski definition) is 20. The van der Waals surface area contributed by atoms with Gasteiger partial charge in [-0.15, -0.1) is 0 Å². The van der Waals surface area contributed by atoms with Crippen LogP contribution in [0, 0.1) is 0 Å². The predicted molar refractivity (Wildman–Crippen MR) is 357 cm³/mol. The van der Waals surface area contributed by atoms with Gasteiger partial charge in [0.2, 0.25) is 0 Å². The molecule has 2 N–H and O–H groups in total. The third-order valence-corrected chi connectivity index (χ3v) is 18.3. The van der Waals surface area contributed by atoms with E-state index in [9.17, 15) is 25.0 Å². The summed E-state index contributed by atoms with van der Waals surface area (Å²) in [5.74, 6) is -2.25. The second kappa shape index (κ2) is 31.1. The molecule has 16 atom stereocenters. The van der Waals surface area contributed by atoms with Crippen molar-refractivity contribution in [3.8, 4) is 11.5 Å². The van der Waals surface area contributed by atoms with Crippen molar-refractivity contribution in [2.45, 2.75) is 118 Å². The number of nitrogens with one attached hydrogen (secondary N) is 1. The van der Waals surface area contributed by atoms with Gasteiger partial charge in [-0.25, -0.2) is 4.79 Å². The number of rotatable bonds is 24. The van der Waals surface area contributed by atoms with Crippen molar-refractivity contribution in [2.75, 3.05) is 32.2 Å². The summed E-state index contributed by atoms with van der Waals surface area (Å²) in [5, 5.41) is 19.8. The monoisotopic (exact) mass is 1370 g/mol. The van der Waals surface area contributed by atoms with Crippen LogP contribution < -0.4 is 14.8 Å². The number of anilines is 1. The first-order valence-electron chi connectivity index (χ1n) is 33.0. The van der Waals surface area contributed by atoms with Gasteiger partial charge >= 0.3 is 6.09 Å². The molecule has 0 radical (unpaired) electrons. The van der Waals surface area contributed by atoms with Crippen LogP contribution in [-0.2, 0) is 71.9 Å². The molecule has 6 aliphatic heterocycles. The fourth-order valence-corrected chi connectivity index (χ4v) is 13.5. The molecule has 0 aromatic heterocycles. The first-order chi connectivity index (χ1) is 49.5. The molecule has 6 aliphatic rings. The van der Waals surface area contributed by atoms with Crippen molar-refractivity contribution in [1.82, 2.24) is 9.80 Å². The number of ether oxygens (including phenoxy) is 13. The molecular weight excluding hydrogens is 1300 g/mol. The summed E-state index contributed by atoms with van der Waals surface area (Å²) < 4.78 is 87.5. The van der Waals surface area contributed by atoms with Crippen LogP contribution in [0.2, 0.25) is 0 Å². The van der Waals surface area contributed by atoms with Crippen molar-refractivity contribution in [1.29, 1.82) is 0 Å². The molecule has 14 rings (SSSR count). The number of fused-ring (bicyclic) bond motifs is 3. The second-order valence-corrected chi connectivity index (χ2v) is 24.6. The zero-order valence-corrected chi connectivity index (χ0v) is 54.4. The van der Waals surface area contributed by atoms with Crippen LogP contribution in [0.3, 0.4) is 0 Å². The lowest BCUT2D eigenvalue weighted by Crippen LogP contribution is -2.71. The van der Waals surface area contributed by atoms with E-state index in [4.69, 9.17) is 61.6 Å². The van der Waals surface area contributed by atoms with Crippen molar-refractivity contribution in [2.24, 2.45) is 5.11 Å². The van der Waals surface area contributed by atoms with E-state index in [1.54, 1.807) is 127 Å². The predicted octanol–water partition coefficient (Wildman–Crippen LogP) is 10.1. The molecule has 8 aromatic carbocycles. The van der Waals surface area contributed by atoms with E-state index in [0.29, 0.717) is 33.9 Å². The zero-order valence-electron chi connectivity index (χ0n) is 54.4. The number of amides is 5. The molecule has 25 nitrogen and oxygen atoms in total. The third kappa shape index (κ3) is 14.7. The summed E-state index contributed by atoms with van der Waals surface area (Å²) in [4.78, 5) is 80.4. The number of benzene rings is 8. The number of aliphatic hydroxyl groups is 1. The van der Waals surface area contributed by atoms with E-state index >= 15 is 9.59 Å². The maximum Gasteiger partial charge on any atom is 0.412 e. The molecule has 6 heterocycles. The summed E-state index contributed by atoms with van der Waals surface area (Å²) >= 11 is 0. The van der Waals surface area contributed by atoms with Gasteiger partial charge in [0.15, 0.2) is 31.2 Å². The number of carbonyl (C=O) groups excluding carboxylic acids is 5. The lowest BCUT2D eigenvalue weighted by Gasteiger charge is -2.53. The Balaban J connectivity index is 0.908. The van der Waals surface area contributed by atoms with Gasteiger partial charge in [-0.1, -0.05) is 169 Å².